The maximum atomic E-state index is 15.1. The van der Waals surface area contributed by atoms with Crippen LogP contribution in [0.1, 0.15) is 190 Å². The fraction of sp³-hybridized carbons (Fsp3) is 0.792. The third kappa shape index (κ3) is 27.4. The van der Waals surface area contributed by atoms with Crippen LogP contribution >= 0.6 is 0 Å². The van der Waals surface area contributed by atoms with E-state index >= 15 is 9.59 Å². The topological polar surface area (TPSA) is 339 Å². The van der Waals surface area contributed by atoms with Gasteiger partial charge in [-0.15, -0.1) is 0 Å². The first kappa shape index (κ1) is 91.6. The summed E-state index contributed by atoms with van der Waals surface area (Å²) in [4.78, 5) is 196. The summed E-state index contributed by atoms with van der Waals surface area (Å²) in [5.41, 5.74) is -0.873. The van der Waals surface area contributed by atoms with E-state index in [0.29, 0.717) is 19.3 Å². The summed E-state index contributed by atoms with van der Waals surface area (Å²) in [5, 5.41) is 11.9. The highest BCUT2D eigenvalue weighted by Gasteiger charge is 2.54. The summed E-state index contributed by atoms with van der Waals surface area (Å²) in [5.74, 6) is -9.80. The first-order valence-electron chi connectivity index (χ1n) is 35.6. The molecule has 101 heavy (non-hydrogen) atoms. The van der Waals surface area contributed by atoms with Crippen molar-refractivity contribution in [2.75, 3.05) is 62.6 Å². The smallest absolute Gasteiger partial charge is 0.410 e. The third-order valence-electron chi connectivity index (χ3n) is 17.9. The zero-order valence-corrected chi connectivity index (χ0v) is 66.0. The summed E-state index contributed by atoms with van der Waals surface area (Å²) < 4.78 is 21.5. The lowest BCUT2D eigenvalue weighted by molar-refractivity contribution is -0.321. The molecule has 0 aromatic carbocycles. The number of hydrogen-bond acceptors (Lipinski definition) is 18. The molecule has 1 heterocycles. The van der Waals surface area contributed by atoms with Gasteiger partial charge < -0.3 is 64.7 Å². The number of amides is 11. The molecule has 0 saturated carbocycles. The van der Waals surface area contributed by atoms with Gasteiger partial charge in [-0.3, -0.25) is 62.5 Å². The number of esters is 2. The molecule has 29 heteroatoms. The van der Waals surface area contributed by atoms with Gasteiger partial charge in [-0.25, -0.2) is 14.7 Å². The van der Waals surface area contributed by atoms with Crippen molar-refractivity contribution in [2.24, 2.45) is 35.5 Å². The molecular formula is C72H127N11O18. The van der Waals surface area contributed by atoms with Crippen molar-refractivity contribution in [3.8, 4) is 0 Å². The number of carbonyl (C=O) groups excluding carboxylic acids is 13. The van der Waals surface area contributed by atoms with Crippen molar-refractivity contribution >= 4 is 77.1 Å². The van der Waals surface area contributed by atoms with Crippen molar-refractivity contribution in [3.05, 3.63) is 12.2 Å². The summed E-state index contributed by atoms with van der Waals surface area (Å²) in [6.07, 6.45) is 3.23. The molecule has 0 bridgehead atoms. The van der Waals surface area contributed by atoms with Crippen molar-refractivity contribution in [1.82, 2.24) is 55.7 Å². The molecule has 0 radical (unpaired) electrons. The molecule has 0 aromatic heterocycles. The number of likely N-dealkylation sites (N-methyl/N-ethyl adjacent to an activating group) is 6. The van der Waals surface area contributed by atoms with Gasteiger partial charge in [0, 0.05) is 55.8 Å². The number of hydrogen-bond donors (Lipinski definition) is 4. The number of methoxy groups -OCH3 is 1. The second-order valence-corrected chi connectivity index (χ2v) is 29.9. The number of hydroxylamine groups is 2. The highest BCUT2D eigenvalue weighted by atomic mass is 16.7. The first-order valence-corrected chi connectivity index (χ1v) is 35.6. The third-order valence-corrected chi connectivity index (χ3v) is 17.9. The van der Waals surface area contributed by atoms with E-state index < -0.39 is 173 Å². The van der Waals surface area contributed by atoms with Crippen LogP contribution in [0.4, 0.5) is 4.79 Å². The van der Waals surface area contributed by atoms with Gasteiger partial charge >= 0.3 is 18.0 Å². The van der Waals surface area contributed by atoms with E-state index in [4.69, 9.17) is 23.8 Å². The Bertz CT molecular complexity index is 2830. The Hall–Kier alpha value is -7.43. The van der Waals surface area contributed by atoms with E-state index in [9.17, 15) is 52.7 Å². The second kappa shape index (κ2) is 42.2. The average Bonchev–Trinajstić information content (AvgIpc) is 0.755. The van der Waals surface area contributed by atoms with Gasteiger partial charge in [0.1, 0.15) is 72.1 Å². The lowest BCUT2D eigenvalue weighted by Gasteiger charge is -2.50. The molecule has 1 aliphatic rings. The van der Waals surface area contributed by atoms with Gasteiger partial charge in [0.05, 0.1) is 19.8 Å². The van der Waals surface area contributed by atoms with Gasteiger partial charge in [0.25, 0.3) is 5.91 Å². The van der Waals surface area contributed by atoms with Crippen molar-refractivity contribution in [3.63, 3.8) is 0 Å². The predicted octanol–water partition coefficient (Wildman–Crippen LogP) is 5.25. The minimum Gasteiger partial charge on any atom is -0.467 e. The molecule has 29 nitrogen and oxygen atoms in total. The van der Waals surface area contributed by atoms with E-state index in [1.54, 1.807) is 62.3 Å². The molecule has 578 valence electrons. The molecule has 0 spiro atoms. The summed E-state index contributed by atoms with van der Waals surface area (Å²) >= 11 is 0. The molecule has 0 aliphatic carbocycles. The van der Waals surface area contributed by atoms with Crippen LogP contribution < -0.4 is 21.3 Å². The molecule has 1 fully saturated rings. The fourth-order valence-corrected chi connectivity index (χ4v) is 11.8. The number of unbranched alkanes of at least 4 members (excludes halogenated alkanes) is 1. The van der Waals surface area contributed by atoms with E-state index in [1.165, 1.54) is 96.7 Å². The molecule has 11 amide bonds. The van der Waals surface area contributed by atoms with E-state index in [1.807, 2.05) is 67.5 Å². The lowest BCUT2D eigenvalue weighted by atomic mass is 9.90. The zero-order valence-electron chi connectivity index (χ0n) is 66.0. The number of rotatable bonds is 40. The van der Waals surface area contributed by atoms with Crippen molar-refractivity contribution in [1.29, 1.82) is 0 Å². The van der Waals surface area contributed by atoms with Crippen LogP contribution in [-0.2, 0) is 81.3 Å². The minimum absolute atomic E-state index is 0.101. The van der Waals surface area contributed by atoms with E-state index in [2.05, 4.69) is 21.3 Å². The molecule has 0 aromatic rings. The van der Waals surface area contributed by atoms with Crippen molar-refractivity contribution < 1.29 is 86.1 Å². The normalized spacial score (nSPS) is 17.5. The SMILES string of the molecule is C/C=C/C[C@@H](C)[C@H]1ON(C(=O)[C@H](C(C)C)N(C)C(=O)[C@H](CC(C)C)N(C)C(=O)[C@H](CC(C)C)N(C)C(=O)[C@@H](C)NC(=O)[C@H](C)NC(=O)[C@H](CC(C)C)N(C)C(=O)[C@@H](NC(=O)[C@H]([C@H](C)OCCCCOC(C)=O)N(C)C(=O)[C@@H](C)N(C)C(=O)OC(C)(C)C)C(C)C)[C@@H]1C(=O)N[C@@H](CC)C(=O)OC. The Kier molecular flexibility index (Phi) is 38.3. The van der Waals surface area contributed by atoms with Crippen LogP contribution in [-0.4, -0.2) is 258 Å². The van der Waals surface area contributed by atoms with Gasteiger partial charge in [-0.05, 0) is 136 Å². The molecule has 14 atom stereocenters. The maximum Gasteiger partial charge on any atom is 0.410 e. The number of ether oxygens (including phenoxy) is 4. The van der Waals surface area contributed by atoms with Crippen LogP contribution in [0.5, 0.6) is 0 Å². The first-order chi connectivity index (χ1) is 46.7. The standard InChI is InChI=1S/C72H127N11O18/c1-29-31-34-45(13)59-58(63(88)75-51(30-2)70(95)97-28)83(101-59)69(94)56(44(11)12)81(26)67(92)54(39-42(7)8)80(25)66(91)53(38-41(5)6)79(24)64(89)47(15)74-60(85)46(14)73-61(86)52(37-40(3)4)78(23)68(93)55(43(9)10)76-62(87)57(49(17)98-35-32-33-36-99-50(18)84)82(27)65(90)48(16)77(22)71(96)100-72(19,20)21/h29,31,40-49,51-59H,30,32-39H2,1-28H3,(H,73,86)(H,74,85)(H,75,88)(H,76,87)/b31-29+/t45-,46+,47-,48-,49+,51+,52+,53+,54+,55+,56+,57+,58+,59-/m1/s1. The monoisotopic (exact) mass is 1430 g/mol. The largest absolute Gasteiger partial charge is 0.467 e. The van der Waals surface area contributed by atoms with Crippen LogP contribution in [0.2, 0.25) is 0 Å². The number of allylic oxidation sites excluding steroid dienone is 2. The summed E-state index contributed by atoms with van der Waals surface area (Å²) in [6.45, 7) is 35.9. The Morgan fingerprint density at radius 2 is 1.04 bits per heavy atom. The lowest BCUT2D eigenvalue weighted by Crippen LogP contribution is -2.71. The second-order valence-electron chi connectivity index (χ2n) is 29.9. The number of carbonyl (C=O) groups is 13. The van der Waals surface area contributed by atoms with Gasteiger partial charge in [-0.2, -0.15) is 0 Å². The molecular weight excluding hydrogens is 1310 g/mol. The molecule has 1 aliphatic heterocycles. The average molecular weight is 1430 g/mol. The van der Waals surface area contributed by atoms with Crippen LogP contribution in [0.25, 0.3) is 0 Å². The highest BCUT2D eigenvalue weighted by molar-refractivity contribution is 5.99. The van der Waals surface area contributed by atoms with Gasteiger partial charge in [0.15, 0.2) is 6.04 Å². The van der Waals surface area contributed by atoms with Crippen LogP contribution in [0.3, 0.4) is 0 Å². The predicted molar refractivity (Wildman–Crippen MR) is 381 cm³/mol. The Morgan fingerprint density at radius 3 is 1.51 bits per heavy atom. The maximum absolute atomic E-state index is 15.1. The summed E-state index contributed by atoms with van der Waals surface area (Å²) in [6, 6.07) is -13.2. The Labute approximate surface area is 601 Å². The summed E-state index contributed by atoms with van der Waals surface area (Å²) in [7, 11) is 9.71. The van der Waals surface area contributed by atoms with Crippen LogP contribution in [0, 0.1) is 35.5 Å². The minimum atomic E-state index is -1.37. The highest BCUT2D eigenvalue weighted by Crippen LogP contribution is 2.34. The van der Waals surface area contributed by atoms with Gasteiger partial charge in [0.2, 0.25) is 53.2 Å². The van der Waals surface area contributed by atoms with E-state index in [0.717, 1.165) is 14.9 Å². The fourth-order valence-electron chi connectivity index (χ4n) is 11.8. The zero-order chi connectivity index (χ0) is 78.2. The molecule has 1 saturated heterocycles. The number of nitrogens with zero attached hydrogens (tertiary/aromatic N) is 7. The van der Waals surface area contributed by atoms with Crippen molar-refractivity contribution in [2.45, 2.75) is 275 Å². The molecule has 1 rings (SSSR count). The van der Waals surface area contributed by atoms with Gasteiger partial charge in [-0.1, -0.05) is 95.2 Å². The molecule has 0 unspecified atom stereocenters. The Morgan fingerprint density at radius 1 is 0.554 bits per heavy atom. The Balaban J connectivity index is 3.58. The number of nitrogens with one attached hydrogen (secondary N) is 4. The van der Waals surface area contributed by atoms with Crippen LogP contribution in [0.15, 0.2) is 12.2 Å². The quantitative estimate of drug-likeness (QED) is 0.0263. The van der Waals surface area contributed by atoms with E-state index in [-0.39, 0.29) is 62.6 Å². The molecule has 4 N–H and O–H groups in total.